The van der Waals surface area contributed by atoms with Crippen LogP contribution in [0.5, 0.6) is 17.2 Å². The van der Waals surface area contributed by atoms with Gasteiger partial charge in [0.05, 0.1) is 27.0 Å². The molecule has 0 aliphatic carbocycles. The molecule has 0 atom stereocenters. The minimum Gasteiger partial charge on any atom is -0.496 e. The van der Waals surface area contributed by atoms with Gasteiger partial charge in [-0.15, -0.1) is 11.3 Å². The Kier molecular flexibility index (Phi) is 4.77. The van der Waals surface area contributed by atoms with E-state index in [0.29, 0.717) is 5.75 Å². The van der Waals surface area contributed by atoms with E-state index in [1.807, 2.05) is 0 Å². The molecule has 22 heavy (non-hydrogen) atoms. The van der Waals surface area contributed by atoms with E-state index in [1.165, 1.54) is 44.8 Å². The molecule has 1 heterocycles. The molecule has 0 radical (unpaired) electrons. The van der Waals surface area contributed by atoms with Gasteiger partial charge in [-0.05, 0) is 6.92 Å². The van der Waals surface area contributed by atoms with Crippen LogP contribution in [0.1, 0.15) is 5.69 Å². The van der Waals surface area contributed by atoms with Crippen LogP contribution in [0, 0.1) is 6.92 Å². The van der Waals surface area contributed by atoms with Crippen LogP contribution in [0.25, 0.3) is 0 Å². The number of nitrogens with one attached hydrogen (secondary N) is 1. The summed E-state index contributed by atoms with van der Waals surface area (Å²) < 4.78 is 43.1. The van der Waals surface area contributed by atoms with Crippen molar-refractivity contribution in [1.29, 1.82) is 0 Å². The summed E-state index contributed by atoms with van der Waals surface area (Å²) in [5, 5.41) is 2.03. The molecule has 120 valence electrons. The van der Waals surface area contributed by atoms with Crippen molar-refractivity contribution in [1.82, 2.24) is 4.98 Å². The summed E-state index contributed by atoms with van der Waals surface area (Å²) in [5.74, 6) is 0.673. The summed E-state index contributed by atoms with van der Waals surface area (Å²) in [6.07, 6.45) is 0. The molecule has 1 N–H and O–H groups in total. The van der Waals surface area contributed by atoms with E-state index in [2.05, 4.69) is 9.71 Å². The Morgan fingerprint density at radius 2 is 1.68 bits per heavy atom. The highest BCUT2D eigenvalue weighted by atomic mass is 32.2. The summed E-state index contributed by atoms with van der Waals surface area (Å²) in [6, 6.07) is 2.95. The molecule has 1 aromatic carbocycles. The third-order valence-electron chi connectivity index (χ3n) is 2.78. The Bertz CT molecular complexity index is 745. The van der Waals surface area contributed by atoms with Gasteiger partial charge in [0.1, 0.15) is 17.2 Å². The van der Waals surface area contributed by atoms with Gasteiger partial charge in [0.25, 0.3) is 10.0 Å². The van der Waals surface area contributed by atoms with Crippen molar-refractivity contribution in [2.24, 2.45) is 0 Å². The van der Waals surface area contributed by atoms with Gasteiger partial charge in [0.15, 0.2) is 10.0 Å². The largest absolute Gasteiger partial charge is 0.496 e. The first-order chi connectivity index (χ1) is 10.4. The minimum atomic E-state index is -3.92. The van der Waals surface area contributed by atoms with Crippen LogP contribution in [-0.2, 0) is 10.0 Å². The van der Waals surface area contributed by atoms with Gasteiger partial charge in [-0.2, -0.15) is 0 Å². The quantitative estimate of drug-likeness (QED) is 0.865. The van der Waals surface area contributed by atoms with E-state index in [0.717, 1.165) is 5.69 Å². The number of thiazole rings is 1. The lowest BCUT2D eigenvalue weighted by atomic mass is 10.3. The highest BCUT2D eigenvalue weighted by Gasteiger charge is 2.27. The molecule has 2 rings (SSSR count). The molecule has 0 saturated carbocycles. The van der Waals surface area contributed by atoms with Crippen molar-refractivity contribution in [3.8, 4) is 17.2 Å². The fraction of sp³-hybridized carbons (Fsp3) is 0.308. The maximum absolute atomic E-state index is 12.6. The molecular formula is C13H16N2O5S2. The Labute approximate surface area is 132 Å². The van der Waals surface area contributed by atoms with E-state index in [9.17, 15) is 8.42 Å². The summed E-state index contributed by atoms with van der Waals surface area (Å²) in [5.41, 5.74) is 0.733. The van der Waals surface area contributed by atoms with E-state index in [-0.39, 0.29) is 21.5 Å². The lowest BCUT2D eigenvalue weighted by Gasteiger charge is -2.15. The number of aryl methyl sites for hydroxylation is 1. The Balaban J connectivity index is 2.53. The second-order valence-electron chi connectivity index (χ2n) is 4.26. The Hall–Kier alpha value is -2.00. The first-order valence-electron chi connectivity index (χ1n) is 6.16. The lowest BCUT2D eigenvalue weighted by Crippen LogP contribution is -2.15. The molecule has 2 aromatic rings. The number of methoxy groups -OCH3 is 3. The number of aromatic nitrogens is 1. The smallest absolute Gasteiger partial charge is 0.271 e. The number of rotatable bonds is 6. The number of hydrogen-bond donors (Lipinski definition) is 1. The van der Waals surface area contributed by atoms with Crippen molar-refractivity contribution in [2.75, 3.05) is 26.1 Å². The van der Waals surface area contributed by atoms with Crippen LogP contribution in [0.3, 0.4) is 0 Å². The first kappa shape index (κ1) is 16.4. The average Bonchev–Trinajstić information content (AvgIpc) is 2.89. The van der Waals surface area contributed by atoms with E-state index >= 15 is 0 Å². The summed E-state index contributed by atoms with van der Waals surface area (Å²) in [4.78, 5) is 3.98. The zero-order valence-corrected chi connectivity index (χ0v) is 14.2. The third-order valence-corrected chi connectivity index (χ3v) is 5.19. The second kappa shape index (κ2) is 6.41. The van der Waals surface area contributed by atoms with E-state index in [4.69, 9.17) is 14.2 Å². The molecule has 0 saturated heterocycles. The molecule has 0 amide bonds. The van der Waals surface area contributed by atoms with E-state index in [1.54, 1.807) is 12.3 Å². The van der Waals surface area contributed by atoms with Gasteiger partial charge in [0, 0.05) is 17.5 Å². The average molecular weight is 344 g/mol. The van der Waals surface area contributed by atoms with Crippen LogP contribution in [0.4, 0.5) is 5.13 Å². The van der Waals surface area contributed by atoms with Crippen molar-refractivity contribution in [2.45, 2.75) is 11.8 Å². The van der Waals surface area contributed by atoms with Gasteiger partial charge >= 0.3 is 0 Å². The number of anilines is 1. The summed E-state index contributed by atoms with van der Waals surface area (Å²) in [6.45, 7) is 1.78. The number of benzene rings is 1. The molecule has 1 aromatic heterocycles. The molecule has 0 aliphatic rings. The van der Waals surface area contributed by atoms with Crippen molar-refractivity contribution < 1.29 is 22.6 Å². The molecule has 0 spiro atoms. The van der Waals surface area contributed by atoms with Gasteiger partial charge in [-0.1, -0.05) is 0 Å². The van der Waals surface area contributed by atoms with Gasteiger partial charge < -0.3 is 14.2 Å². The SMILES string of the molecule is COc1cc(OC)c(S(=O)(=O)Nc2nc(C)cs2)c(OC)c1. The fourth-order valence-corrected chi connectivity index (χ4v) is 4.05. The lowest BCUT2D eigenvalue weighted by molar-refractivity contribution is 0.359. The molecule has 0 bridgehead atoms. The summed E-state index contributed by atoms with van der Waals surface area (Å²) in [7, 11) is 0.305. The van der Waals surface area contributed by atoms with Gasteiger partial charge in [0.2, 0.25) is 0 Å². The third kappa shape index (κ3) is 3.25. The molecular weight excluding hydrogens is 328 g/mol. The van der Waals surface area contributed by atoms with Crippen LogP contribution >= 0.6 is 11.3 Å². The fourth-order valence-electron chi connectivity index (χ4n) is 1.81. The highest BCUT2D eigenvalue weighted by Crippen LogP contribution is 2.38. The molecule has 9 heteroatoms. The van der Waals surface area contributed by atoms with Crippen LogP contribution in [0.2, 0.25) is 0 Å². The van der Waals surface area contributed by atoms with Crippen molar-refractivity contribution in [3.05, 3.63) is 23.2 Å². The van der Waals surface area contributed by atoms with E-state index < -0.39 is 10.0 Å². The first-order valence-corrected chi connectivity index (χ1v) is 8.52. The number of hydrogen-bond acceptors (Lipinski definition) is 7. The Morgan fingerprint density at radius 3 is 2.09 bits per heavy atom. The number of nitrogens with zero attached hydrogens (tertiary/aromatic N) is 1. The van der Waals surface area contributed by atoms with Crippen LogP contribution in [0.15, 0.2) is 22.4 Å². The van der Waals surface area contributed by atoms with Crippen LogP contribution < -0.4 is 18.9 Å². The molecule has 0 unspecified atom stereocenters. The zero-order valence-electron chi connectivity index (χ0n) is 12.5. The maximum Gasteiger partial charge on any atom is 0.271 e. The summed E-state index contributed by atoms with van der Waals surface area (Å²) >= 11 is 1.20. The zero-order chi connectivity index (χ0) is 16.3. The van der Waals surface area contributed by atoms with Gasteiger partial charge in [-0.25, -0.2) is 13.4 Å². The standard InChI is InChI=1S/C13H16N2O5S2/c1-8-7-21-13(14-8)15-22(16,17)12-10(19-3)5-9(18-2)6-11(12)20-4/h5-7H,1-4H3,(H,14,15). The molecule has 0 aliphatic heterocycles. The number of sulfonamides is 1. The Morgan fingerprint density at radius 1 is 1.09 bits per heavy atom. The maximum atomic E-state index is 12.6. The molecule has 7 nitrogen and oxygen atoms in total. The van der Waals surface area contributed by atoms with Gasteiger partial charge in [-0.3, -0.25) is 4.72 Å². The highest BCUT2D eigenvalue weighted by molar-refractivity contribution is 7.93. The number of ether oxygens (including phenoxy) is 3. The van der Waals surface area contributed by atoms with Crippen molar-refractivity contribution >= 4 is 26.5 Å². The topological polar surface area (TPSA) is 86.8 Å². The predicted molar refractivity (Wildman–Crippen MR) is 83.8 cm³/mol. The van der Waals surface area contributed by atoms with Crippen molar-refractivity contribution in [3.63, 3.8) is 0 Å². The normalized spacial score (nSPS) is 11.1. The molecule has 0 fully saturated rings. The monoisotopic (exact) mass is 344 g/mol. The minimum absolute atomic E-state index is 0.105. The van der Waals surface area contributed by atoms with Crippen LogP contribution in [-0.4, -0.2) is 34.7 Å². The second-order valence-corrected chi connectivity index (χ2v) is 6.74. The predicted octanol–water partition coefficient (Wildman–Crippen LogP) is 2.28.